The van der Waals surface area contributed by atoms with Gasteiger partial charge in [-0.2, -0.15) is 4.98 Å². The van der Waals surface area contributed by atoms with Crippen molar-refractivity contribution in [2.75, 3.05) is 17.8 Å². The Labute approximate surface area is 170 Å². The predicted molar refractivity (Wildman–Crippen MR) is 111 cm³/mol. The molecule has 7 nitrogen and oxygen atoms in total. The van der Waals surface area contributed by atoms with E-state index in [4.69, 9.17) is 4.74 Å². The van der Waals surface area contributed by atoms with Gasteiger partial charge in [-0.3, -0.25) is 0 Å². The van der Waals surface area contributed by atoms with Crippen LogP contribution in [0.5, 0.6) is 11.6 Å². The number of nitrogens with one attached hydrogen (secondary N) is 2. The number of hydrogen-bond acceptors (Lipinski definition) is 6. The molecule has 29 heavy (non-hydrogen) atoms. The van der Waals surface area contributed by atoms with Crippen LogP contribution in [0.25, 0.3) is 0 Å². The fourth-order valence-electron chi connectivity index (χ4n) is 3.26. The van der Waals surface area contributed by atoms with Crippen LogP contribution < -0.4 is 14.8 Å². The SMILES string of the molecule is O=S(=O)(Nc1nc(Oc2ccccc2)cc(C2CCNCC2)n1)c1ccccc1. The first-order valence-corrected chi connectivity index (χ1v) is 11.0. The smallest absolute Gasteiger partial charge is 0.264 e. The summed E-state index contributed by atoms with van der Waals surface area (Å²) >= 11 is 0. The summed E-state index contributed by atoms with van der Waals surface area (Å²) < 4.78 is 33.8. The fraction of sp³-hybridized carbons (Fsp3) is 0.238. The van der Waals surface area contributed by atoms with Gasteiger partial charge >= 0.3 is 0 Å². The fourth-order valence-corrected chi connectivity index (χ4v) is 4.22. The van der Waals surface area contributed by atoms with E-state index in [-0.39, 0.29) is 16.8 Å². The number of nitrogens with zero attached hydrogens (tertiary/aromatic N) is 2. The van der Waals surface area contributed by atoms with Crippen molar-refractivity contribution in [1.82, 2.24) is 15.3 Å². The van der Waals surface area contributed by atoms with Gasteiger partial charge in [-0.15, -0.1) is 0 Å². The highest BCUT2D eigenvalue weighted by atomic mass is 32.2. The molecule has 4 rings (SSSR count). The van der Waals surface area contributed by atoms with E-state index in [1.54, 1.807) is 24.3 Å². The second-order valence-corrected chi connectivity index (χ2v) is 8.49. The Morgan fingerprint density at radius 1 is 0.931 bits per heavy atom. The highest BCUT2D eigenvalue weighted by Gasteiger charge is 2.21. The number of benzene rings is 2. The van der Waals surface area contributed by atoms with Crippen LogP contribution in [0.3, 0.4) is 0 Å². The monoisotopic (exact) mass is 410 g/mol. The maximum Gasteiger partial charge on any atom is 0.264 e. The molecule has 1 aliphatic heterocycles. The van der Waals surface area contributed by atoms with Crippen molar-refractivity contribution >= 4 is 16.0 Å². The van der Waals surface area contributed by atoms with E-state index in [1.165, 1.54) is 12.1 Å². The molecule has 0 atom stereocenters. The maximum absolute atomic E-state index is 12.7. The topological polar surface area (TPSA) is 93.2 Å². The Hall–Kier alpha value is -2.97. The van der Waals surface area contributed by atoms with Gasteiger partial charge in [0.15, 0.2) is 0 Å². The van der Waals surface area contributed by atoms with Crippen molar-refractivity contribution < 1.29 is 13.2 Å². The van der Waals surface area contributed by atoms with Crippen LogP contribution in [-0.4, -0.2) is 31.5 Å². The summed E-state index contributed by atoms with van der Waals surface area (Å²) in [6, 6.07) is 19.2. The summed E-state index contributed by atoms with van der Waals surface area (Å²) in [6.07, 6.45) is 1.85. The molecule has 2 heterocycles. The largest absolute Gasteiger partial charge is 0.439 e. The average molecular weight is 410 g/mol. The minimum Gasteiger partial charge on any atom is -0.439 e. The van der Waals surface area contributed by atoms with Crippen molar-refractivity contribution in [2.45, 2.75) is 23.7 Å². The number of para-hydroxylation sites is 1. The minimum absolute atomic E-state index is 0.0100. The highest BCUT2D eigenvalue weighted by molar-refractivity contribution is 7.92. The highest BCUT2D eigenvalue weighted by Crippen LogP contribution is 2.29. The van der Waals surface area contributed by atoms with E-state index in [2.05, 4.69) is 20.0 Å². The van der Waals surface area contributed by atoms with Gasteiger partial charge in [0.1, 0.15) is 5.75 Å². The summed E-state index contributed by atoms with van der Waals surface area (Å²) in [5.74, 6) is 1.16. The van der Waals surface area contributed by atoms with E-state index in [1.807, 2.05) is 30.3 Å². The lowest BCUT2D eigenvalue weighted by Gasteiger charge is -2.22. The van der Waals surface area contributed by atoms with Crippen LogP contribution in [-0.2, 0) is 10.0 Å². The summed E-state index contributed by atoms with van der Waals surface area (Å²) in [7, 11) is -3.79. The molecular formula is C21H22N4O3S. The van der Waals surface area contributed by atoms with Gasteiger partial charge in [0.05, 0.1) is 10.6 Å². The van der Waals surface area contributed by atoms with E-state index in [0.29, 0.717) is 11.6 Å². The summed E-state index contributed by atoms with van der Waals surface area (Å²) in [5.41, 5.74) is 0.776. The summed E-state index contributed by atoms with van der Waals surface area (Å²) in [5, 5.41) is 3.33. The van der Waals surface area contributed by atoms with Gasteiger partial charge in [0.2, 0.25) is 11.8 Å². The molecule has 2 N–H and O–H groups in total. The average Bonchev–Trinajstić information content (AvgIpc) is 2.75. The molecule has 1 aromatic heterocycles. The number of anilines is 1. The molecule has 8 heteroatoms. The van der Waals surface area contributed by atoms with Crippen molar-refractivity contribution in [3.63, 3.8) is 0 Å². The molecule has 2 aromatic carbocycles. The molecule has 3 aromatic rings. The Morgan fingerprint density at radius 2 is 1.59 bits per heavy atom. The zero-order valence-electron chi connectivity index (χ0n) is 15.8. The lowest BCUT2D eigenvalue weighted by molar-refractivity contribution is 0.439. The van der Waals surface area contributed by atoms with Gasteiger partial charge in [-0.05, 0) is 50.2 Å². The quantitative estimate of drug-likeness (QED) is 0.646. The first-order valence-electron chi connectivity index (χ1n) is 9.51. The lowest BCUT2D eigenvalue weighted by Crippen LogP contribution is -2.27. The Bertz CT molecular complexity index is 1050. The van der Waals surface area contributed by atoms with E-state index >= 15 is 0 Å². The molecule has 0 unspecified atom stereocenters. The zero-order chi connectivity index (χ0) is 20.1. The normalized spacial score (nSPS) is 15.0. The van der Waals surface area contributed by atoms with Crippen molar-refractivity contribution in [2.24, 2.45) is 0 Å². The van der Waals surface area contributed by atoms with Crippen molar-refractivity contribution in [3.8, 4) is 11.6 Å². The summed E-state index contributed by atoms with van der Waals surface area (Å²) in [6.45, 7) is 1.79. The van der Waals surface area contributed by atoms with E-state index in [0.717, 1.165) is 31.6 Å². The molecule has 0 radical (unpaired) electrons. The molecule has 0 aliphatic carbocycles. The number of ether oxygens (including phenoxy) is 1. The lowest BCUT2D eigenvalue weighted by atomic mass is 9.94. The molecule has 1 fully saturated rings. The standard InChI is InChI=1S/C21H22N4O3S/c26-29(27,18-9-5-2-6-10-18)25-21-23-19(16-11-13-22-14-12-16)15-20(24-21)28-17-7-3-1-4-8-17/h1-10,15-16,22H,11-14H2,(H,23,24,25). The van der Waals surface area contributed by atoms with Crippen LogP contribution in [0, 0.1) is 0 Å². The Morgan fingerprint density at radius 3 is 2.28 bits per heavy atom. The third-order valence-corrected chi connectivity index (χ3v) is 6.07. The molecule has 0 bridgehead atoms. The second-order valence-electron chi connectivity index (χ2n) is 6.81. The molecule has 0 saturated carbocycles. The van der Waals surface area contributed by atoms with Crippen molar-refractivity contribution in [3.05, 3.63) is 72.4 Å². The Kier molecular flexibility index (Phi) is 5.73. The molecular weight excluding hydrogens is 388 g/mol. The second kappa shape index (κ2) is 8.59. The Balaban J connectivity index is 1.67. The van der Waals surface area contributed by atoms with E-state index < -0.39 is 10.0 Å². The maximum atomic E-state index is 12.7. The van der Waals surface area contributed by atoms with Gasteiger partial charge in [0.25, 0.3) is 10.0 Å². The zero-order valence-corrected chi connectivity index (χ0v) is 16.6. The third kappa shape index (κ3) is 4.90. The molecule has 150 valence electrons. The van der Waals surface area contributed by atoms with Crippen LogP contribution >= 0.6 is 0 Å². The third-order valence-electron chi connectivity index (χ3n) is 4.72. The van der Waals surface area contributed by atoms with Gasteiger partial charge < -0.3 is 10.1 Å². The number of sulfonamides is 1. The minimum atomic E-state index is -3.79. The van der Waals surface area contributed by atoms with Crippen molar-refractivity contribution in [1.29, 1.82) is 0 Å². The number of piperidine rings is 1. The van der Waals surface area contributed by atoms with Crippen LogP contribution in [0.1, 0.15) is 24.5 Å². The number of hydrogen-bond donors (Lipinski definition) is 2. The van der Waals surface area contributed by atoms with Gasteiger partial charge in [-0.1, -0.05) is 36.4 Å². The summed E-state index contributed by atoms with van der Waals surface area (Å²) in [4.78, 5) is 8.95. The molecule has 0 amide bonds. The van der Waals surface area contributed by atoms with Crippen LogP contribution in [0.15, 0.2) is 71.6 Å². The van der Waals surface area contributed by atoms with Gasteiger partial charge in [-0.25, -0.2) is 18.1 Å². The first kappa shape index (κ1) is 19.4. The predicted octanol–water partition coefficient (Wildman–Crippen LogP) is 3.54. The number of aromatic nitrogens is 2. The van der Waals surface area contributed by atoms with Gasteiger partial charge in [0, 0.05) is 12.0 Å². The van der Waals surface area contributed by atoms with Crippen LogP contribution in [0.4, 0.5) is 5.95 Å². The number of rotatable bonds is 6. The molecule has 0 spiro atoms. The van der Waals surface area contributed by atoms with Crippen LogP contribution in [0.2, 0.25) is 0 Å². The van der Waals surface area contributed by atoms with E-state index in [9.17, 15) is 8.42 Å². The first-order chi connectivity index (χ1) is 14.1. The molecule has 1 aliphatic rings. The molecule has 1 saturated heterocycles.